The molecule has 0 bridgehead atoms. The zero-order valence-electron chi connectivity index (χ0n) is 11.1. The van der Waals surface area contributed by atoms with Crippen LogP contribution in [0.15, 0.2) is 42.5 Å². The topological polar surface area (TPSA) is 42.2 Å². The van der Waals surface area contributed by atoms with Crippen LogP contribution in [0.2, 0.25) is 0 Å². The third-order valence-corrected chi connectivity index (χ3v) is 2.65. The van der Waals surface area contributed by atoms with Crippen molar-refractivity contribution < 1.29 is 9.90 Å². The van der Waals surface area contributed by atoms with E-state index in [1.807, 2.05) is 44.2 Å². The highest BCUT2D eigenvalue weighted by Crippen LogP contribution is 2.05. The Hall–Kier alpha value is -2.03. The molecular formula is C15H19NO2. The number of nitrogens with zero attached hydrogens (tertiary/aromatic N) is 1. The monoisotopic (exact) mass is 245 g/mol. The van der Waals surface area contributed by atoms with Crippen LogP contribution < -0.4 is 0 Å². The van der Waals surface area contributed by atoms with E-state index in [4.69, 9.17) is 5.11 Å². The summed E-state index contributed by atoms with van der Waals surface area (Å²) in [6, 6.07) is 14.1. The summed E-state index contributed by atoms with van der Waals surface area (Å²) in [5, 5.41) is 8.51. The van der Waals surface area contributed by atoms with Crippen molar-refractivity contribution in [3.05, 3.63) is 59.4 Å². The molecule has 0 aliphatic rings. The lowest BCUT2D eigenvalue weighted by molar-refractivity contribution is -0.137. The largest absolute Gasteiger partial charge is 0.480 e. The van der Waals surface area contributed by atoms with Gasteiger partial charge in [0.1, 0.15) is 6.54 Å². The molecule has 3 nitrogen and oxygen atoms in total. The molecule has 2 rings (SSSR count). The van der Waals surface area contributed by atoms with Gasteiger partial charge in [-0.25, -0.2) is 0 Å². The molecule has 96 valence electrons. The lowest BCUT2D eigenvalue weighted by Gasteiger charge is -2.03. The van der Waals surface area contributed by atoms with E-state index in [0.717, 1.165) is 11.4 Å². The molecule has 1 aromatic carbocycles. The predicted molar refractivity (Wildman–Crippen MR) is 72.7 cm³/mol. The number of carbonyl (C=O) groups is 1. The number of hydrogen-bond acceptors (Lipinski definition) is 1. The summed E-state index contributed by atoms with van der Waals surface area (Å²) in [6.07, 6.45) is 0. The summed E-state index contributed by atoms with van der Waals surface area (Å²) >= 11 is 0. The van der Waals surface area contributed by atoms with Crippen molar-refractivity contribution in [3.63, 3.8) is 0 Å². The van der Waals surface area contributed by atoms with Crippen LogP contribution in [0, 0.1) is 20.8 Å². The molecule has 0 unspecified atom stereocenters. The standard InChI is InChI=1S/C8H11NO2.C7H8/c1-6-3-4-7(2)9(6)5-8(10)11;1-7-5-3-2-4-6-7/h3-4H,5H2,1-2H3,(H,10,11);2-6H,1H3. The van der Waals surface area contributed by atoms with E-state index in [2.05, 4.69) is 19.1 Å². The van der Waals surface area contributed by atoms with Gasteiger partial charge in [-0.3, -0.25) is 4.79 Å². The van der Waals surface area contributed by atoms with Gasteiger partial charge in [-0.05, 0) is 32.9 Å². The van der Waals surface area contributed by atoms with E-state index in [-0.39, 0.29) is 6.54 Å². The third-order valence-electron chi connectivity index (χ3n) is 2.65. The Kier molecular flexibility index (Phi) is 5.18. The maximum absolute atomic E-state index is 10.4. The minimum atomic E-state index is -0.799. The van der Waals surface area contributed by atoms with Crippen LogP contribution in [-0.2, 0) is 11.3 Å². The summed E-state index contributed by atoms with van der Waals surface area (Å²) in [5.74, 6) is -0.799. The van der Waals surface area contributed by atoms with Gasteiger partial charge >= 0.3 is 5.97 Å². The second-order valence-electron chi connectivity index (χ2n) is 4.25. The van der Waals surface area contributed by atoms with Crippen molar-refractivity contribution in [1.29, 1.82) is 0 Å². The van der Waals surface area contributed by atoms with Crippen LogP contribution in [0.1, 0.15) is 17.0 Å². The Morgan fingerprint density at radius 2 is 1.50 bits per heavy atom. The minimum absolute atomic E-state index is 0.0602. The summed E-state index contributed by atoms with van der Waals surface area (Å²) in [4.78, 5) is 10.4. The van der Waals surface area contributed by atoms with Crippen molar-refractivity contribution in [2.75, 3.05) is 0 Å². The second kappa shape index (κ2) is 6.64. The van der Waals surface area contributed by atoms with Gasteiger partial charge in [0.05, 0.1) is 0 Å². The maximum atomic E-state index is 10.4. The number of rotatable bonds is 2. The predicted octanol–water partition coefficient (Wildman–Crippen LogP) is 3.18. The lowest BCUT2D eigenvalue weighted by Crippen LogP contribution is -2.10. The van der Waals surface area contributed by atoms with E-state index >= 15 is 0 Å². The number of aromatic nitrogens is 1. The quantitative estimate of drug-likeness (QED) is 0.883. The smallest absolute Gasteiger partial charge is 0.323 e. The second-order valence-corrected chi connectivity index (χ2v) is 4.25. The first-order valence-corrected chi connectivity index (χ1v) is 5.87. The van der Waals surface area contributed by atoms with E-state index in [1.165, 1.54) is 5.56 Å². The fraction of sp³-hybridized carbons (Fsp3) is 0.267. The summed E-state index contributed by atoms with van der Waals surface area (Å²) < 4.78 is 1.77. The van der Waals surface area contributed by atoms with Crippen molar-refractivity contribution >= 4 is 5.97 Å². The van der Waals surface area contributed by atoms with Crippen LogP contribution >= 0.6 is 0 Å². The molecule has 0 saturated carbocycles. The van der Waals surface area contributed by atoms with Gasteiger partial charge in [-0.15, -0.1) is 0 Å². The molecule has 18 heavy (non-hydrogen) atoms. The molecule has 0 atom stereocenters. The Morgan fingerprint density at radius 3 is 1.83 bits per heavy atom. The molecule has 1 N–H and O–H groups in total. The summed E-state index contributed by atoms with van der Waals surface area (Å²) in [6.45, 7) is 5.94. The number of hydrogen-bond donors (Lipinski definition) is 1. The molecule has 0 radical (unpaired) electrons. The average molecular weight is 245 g/mol. The molecule has 2 aromatic rings. The number of aryl methyl sites for hydroxylation is 3. The van der Waals surface area contributed by atoms with Crippen molar-refractivity contribution in [1.82, 2.24) is 4.57 Å². The number of aliphatic carboxylic acids is 1. The minimum Gasteiger partial charge on any atom is -0.480 e. The van der Waals surface area contributed by atoms with Gasteiger partial charge < -0.3 is 9.67 Å². The number of benzene rings is 1. The highest BCUT2D eigenvalue weighted by atomic mass is 16.4. The van der Waals surface area contributed by atoms with Crippen LogP contribution in [-0.4, -0.2) is 15.6 Å². The van der Waals surface area contributed by atoms with Crippen molar-refractivity contribution in [2.24, 2.45) is 0 Å². The lowest BCUT2D eigenvalue weighted by atomic mass is 10.2. The van der Waals surface area contributed by atoms with Crippen molar-refractivity contribution in [2.45, 2.75) is 27.3 Å². The van der Waals surface area contributed by atoms with E-state index in [1.54, 1.807) is 4.57 Å². The number of carboxylic acid groups (broad SMARTS) is 1. The molecule has 1 aromatic heterocycles. The SMILES string of the molecule is Cc1ccc(C)n1CC(=O)O.Cc1ccccc1. The molecule has 0 saturated heterocycles. The van der Waals surface area contributed by atoms with Crippen LogP contribution in [0.3, 0.4) is 0 Å². The van der Waals surface area contributed by atoms with Gasteiger partial charge in [0.15, 0.2) is 0 Å². The molecule has 0 amide bonds. The molecule has 1 heterocycles. The Morgan fingerprint density at radius 1 is 1.00 bits per heavy atom. The molecule has 0 aliphatic heterocycles. The maximum Gasteiger partial charge on any atom is 0.323 e. The van der Waals surface area contributed by atoms with E-state index in [0.29, 0.717) is 0 Å². The van der Waals surface area contributed by atoms with Gasteiger partial charge in [-0.1, -0.05) is 35.9 Å². The van der Waals surface area contributed by atoms with Crippen LogP contribution in [0.25, 0.3) is 0 Å². The average Bonchev–Trinajstić information content (AvgIpc) is 2.62. The van der Waals surface area contributed by atoms with Gasteiger partial charge in [0.25, 0.3) is 0 Å². The molecule has 3 heteroatoms. The fourth-order valence-electron chi connectivity index (χ4n) is 1.62. The zero-order valence-corrected chi connectivity index (χ0v) is 11.1. The first-order chi connectivity index (χ1) is 8.50. The fourth-order valence-corrected chi connectivity index (χ4v) is 1.62. The Bertz CT molecular complexity index is 481. The van der Waals surface area contributed by atoms with E-state index in [9.17, 15) is 4.79 Å². The van der Waals surface area contributed by atoms with Gasteiger partial charge in [-0.2, -0.15) is 0 Å². The highest BCUT2D eigenvalue weighted by molar-refractivity contribution is 5.66. The third kappa shape index (κ3) is 4.45. The molecule has 0 fully saturated rings. The zero-order chi connectivity index (χ0) is 13.5. The van der Waals surface area contributed by atoms with Crippen molar-refractivity contribution in [3.8, 4) is 0 Å². The highest BCUT2D eigenvalue weighted by Gasteiger charge is 2.03. The Labute approximate surface area is 108 Å². The normalized spacial score (nSPS) is 9.50. The summed E-state index contributed by atoms with van der Waals surface area (Å²) in [7, 11) is 0. The van der Waals surface area contributed by atoms with Gasteiger partial charge in [0.2, 0.25) is 0 Å². The first kappa shape index (κ1) is 14.0. The molecule has 0 aliphatic carbocycles. The first-order valence-electron chi connectivity index (χ1n) is 5.87. The molecular weight excluding hydrogens is 226 g/mol. The molecule has 0 spiro atoms. The van der Waals surface area contributed by atoms with Gasteiger partial charge in [0, 0.05) is 11.4 Å². The Balaban J connectivity index is 0.000000199. The number of carboxylic acids is 1. The van der Waals surface area contributed by atoms with E-state index < -0.39 is 5.97 Å². The summed E-state index contributed by atoms with van der Waals surface area (Å²) in [5.41, 5.74) is 3.30. The van der Waals surface area contributed by atoms with Crippen LogP contribution in [0.5, 0.6) is 0 Å². The van der Waals surface area contributed by atoms with Crippen LogP contribution in [0.4, 0.5) is 0 Å².